The number of methoxy groups -OCH3 is 1. The summed E-state index contributed by atoms with van der Waals surface area (Å²) in [6.07, 6.45) is 0. The van der Waals surface area contributed by atoms with E-state index in [1.807, 2.05) is 12.1 Å². The van der Waals surface area contributed by atoms with Crippen LogP contribution >= 0.6 is 23.2 Å². The van der Waals surface area contributed by atoms with Gasteiger partial charge < -0.3 is 9.84 Å². The first kappa shape index (κ1) is 14.2. The average molecular weight is 297 g/mol. The summed E-state index contributed by atoms with van der Waals surface area (Å²) in [4.78, 5) is 0. The summed E-state index contributed by atoms with van der Waals surface area (Å²) in [5.74, 6) is 0.570. The van der Waals surface area contributed by atoms with E-state index in [9.17, 15) is 5.11 Å². The molecule has 0 aliphatic rings. The highest BCUT2D eigenvalue weighted by Gasteiger charge is 2.28. The van der Waals surface area contributed by atoms with E-state index in [4.69, 9.17) is 27.9 Å². The van der Waals surface area contributed by atoms with Crippen molar-refractivity contribution in [1.29, 1.82) is 0 Å². The van der Waals surface area contributed by atoms with Crippen molar-refractivity contribution < 1.29 is 9.84 Å². The molecule has 100 valence electrons. The standard InChI is InChI=1S/C15H14Cl2O2/c1-15(18,11-5-3-4-6-12(11)16)10-7-8-14(19-2)13(17)9-10/h3-9,18H,1-2H3. The van der Waals surface area contributed by atoms with Crippen molar-refractivity contribution in [2.24, 2.45) is 0 Å². The highest BCUT2D eigenvalue weighted by atomic mass is 35.5. The summed E-state index contributed by atoms with van der Waals surface area (Å²) in [6.45, 7) is 1.69. The summed E-state index contributed by atoms with van der Waals surface area (Å²) in [5, 5.41) is 11.7. The first-order valence-corrected chi connectivity index (χ1v) is 6.54. The second kappa shape index (κ2) is 5.41. The maximum atomic E-state index is 10.7. The van der Waals surface area contributed by atoms with Gasteiger partial charge in [-0.05, 0) is 30.7 Å². The normalized spacial score (nSPS) is 13.9. The lowest BCUT2D eigenvalue weighted by Gasteiger charge is -2.26. The first-order chi connectivity index (χ1) is 8.96. The number of halogens is 2. The Morgan fingerprint density at radius 3 is 2.32 bits per heavy atom. The summed E-state index contributed by atoms with van der Waals surface area (Å²) in [6, 6.07) is 12.4. The van der Waals surface area contributed by atoms with Gasteiger partial charge in [-0.25, -0.2) is 0 Å². The third kappa shape index (κ3) is 2.71. The van der Waals surface area contributed by atoms with Crippen LogP contribution in [-0.2, 0) is 5.60 Å². The molecule has 0 aliphatic carbocycles. The molecule has 0 heterocycles. The van der Waals surface area contributed by atoms with E-state index in [-0.39, 0.29) is 0 Å². The van der Waals surface area contributed by atoms with E-state index in [0.29, 0.717) is 26.9 Å². The molecule has 2 aromatic rings. The molecule has 0 fully saturated rings. The molecule has 0 amide bonds. The molecule has 2 nitrogen and oxygen atoms in total. The van der Waals surface area contributed by atoms with Gasteiger partial charge in [-0.2, -0.15) is 0 Å². The summed E-state index contributed by atoms with van der Waals surface area (Å²) >= 11 is 12.2. The van der Waals surface area contributed by atoms with Gasteiger partial charge in [0.05, 0.1) is 12.1 Å². The second-order valence-electron chi connectivity index (χ2n) is 4.40. The molecular weight excluding hydrogens is 283 g/mol. The van der Waals surface area contributed by atoms with Crippen LogP contribution in [-0.4, -0.2) is 12.2 Å². The average Bonchev–Trinajstić information content (AvgIpc) is 2.39. The fourth-order valence-electron chi connectivity index (χ4n) is 1.98. The molecule has 0 saturated heterocycles. The molecule has 0 radical (unpaired) electrons. The third-order valence-electron chi connectivity index (χ3n) is 3.11. The lowest BCUT2D eigenvalue weighted by molar-refractivity contribution is 0.102. The molecular formula is C15H14Cl2O2. The molecule has 0 bridgehead atoms. The number of hydrogen-bond acceptors (Lipinski definition) is 2. The van der Waals surface area contributed by atoms with Gasteiger partial charge in [0, 0.05) is 10.6 Å². The number of hydrogen-bond donors (Lipinski definition) is 1. The molecule has 0 saturated carbocycles. The van der Waals surface area contributed by atoms with E-state index in [2.05, 4.69) is 0 Å². The van der Waals surface area contributed by atoms with E-state index in [1.165, 1.54) is 0 Å². The van der Waals surface area contributed by atoms with Crippen LogP contribution in [0.1, 0.15) is 18.1 Å². The number of benzene rings is 2. The Bertz CT molecular complexity index is 594. The maximum Gasteiger partial charge on any atom is 0.137 e. The first-order valence-electron chi connectivity index (χ1n) is 5.78. The highest BCUT2D eigenvalue weighted by Crippen LogP contribution is 2.36. The van der Waals surface area contributed by atoms with Crippen molar-refractivity contribution in [3.63, 3.8) is 0 Å². The lowest BCUT2D eigenvalue weighted by Crippen LogP contribution is -2.23. The van der Waals surface area contributed by atoms with Gasteiger partial charge >= 0.3 is 0 Å². The minimum Gasteiger partial charge on any atom is -0.495 e. The van der Waals surface area contributed by atoms with Gasteiger partial charge in [0.2, 0.25) is 0 Å². The van der Waals surface area contributed by atoms with Crippen LogP contribution in [0.2, 0.25) is 10.0 Å². The smallest absolute Gasteiger partial charge is 0.137 e. The Morgan fingerprint density at radius 2 is 1.74 bits per heavy atom. The zero-order valence-electron chi connectivity index (χ0n) is 10.7. The van der Waals surface area contributed by atoms with Crippen molar-refractivity contribution in [2.75, 3.05) is 7.11 Å². The van der Waals surface area contributed by atoms with Gasteiger partial charge in [-0.3, -0.25) is 0 Å². The Balaban J connectivity index is 2.50. The summed E-state index contributed by atoms with van der Waals surface area (Å²) in [7, 11) is 1.55. The van der Waals surface area contributed by atoms with Crippen molar-refractivity contribution >= 4 is 23.2 Å². The third-order valence-corrected chi connectivity index (χ3v) is 3.74. The zero-order chi connectivity index (χ0) is 14.0. The van der Waals surface area contributed by atoms with E-state index in [1.54, 1.807) is 44.4 Å². The van der Waals surface area contributed by atoms with E-state index in [0.717, 1.165) is 0 Å². The SMILES string of the molecule is COc1ccc(C(C)(O)c2ccccc2Cl)cc1Cl. The van der Waals surface area contributed by atoms with Crippen LogP contribution in [0.3, 0.4) is 0 Å². The van der Waals surface area contributed by atoms with Crippen molar-refractivity contribution in [2.45, 2.75) is 12.5 Å². The van der Waals surface area contributed by atoms with Crippen molar-refractivity contribution in [3.05, 3.63) is 63.6 Å². The Kier molecular flexibility index (Phi) is 4.04. The Labute approximate surface area is 122 Å². The monoisotopic (exact) mass is 296 g/mol. The fraction of sp³-hybridized carbons (Fsp3) is 0.200. The van der Waals surface area contributed by atoms with Gasteiger partial charge in [-0.15, -0.1) is 0 Å². The van der Waals surface area contributed by atoms with E-state index >= 15 is 0 Å². The quantitative estimate of drug-likeness (QED) is 0.917. The second-order valence-corrected chi connectivity index (χ2v) is 5.22. The highest BCUT2D eigenvalue weighted by molar-refractivity contribution is 6.32. The predicted octanol–water partition coefficient (Wildman–Crippen LogP) is 4.26. The van der Waals surface area contributed by atoms with Gasteiger partial charge in [0.25, 0.3) is 0 Å². The van der Waals surface area contributed by atoms with Crippen molar-refractivity contribution in [1.82, 2.24) is 0 Å². The predicted molar refractivity (Wildman–Crippen MR) is 78.1 cm³/mol. The summed E-state index contributed by atoms with van der Waals surface area (Å²) < 4.78 is 5.10. The van der Waals surface area contributed by atoms with E-state index < -0.39 is 5.60 Å². The van der Waals surface area contributed by atoms with Gasteiger partial charge in [-0.1, -0.05) is 47.5 Å². The minimum atomic E-state index is -1.21. The topological polar surface area (TPSA) is 29.5 Å². The van der Waals surface area contributed by atoms with Crippen LogP contribution in [0.4, 0.5) is 0 Å². The largest absolute Gasteiger partial charge is 0.495 e. The number of rotatable bonds is 3. The Hall–Kier alpha value is -1.22. The molecule has 1 unspecified atom stereocenters. The number of aliphatic hydroxyl groups is 1. The molecule has 4 heteroatoms. The molecule has 1 N–H and O–H groups in total. The van der Waals surface area contributed by atoms with Gasteiger partial charge in [0.15, 0.2) is 0 Å². The molecule has 1 atom stereocenters. The van der Waals surface area contributed by atoms with Crippen LogP contribution < -0.4 is 4.74 Å². The van der Waals surface area contributed by atoms with Crippen LogP contribution in [0.25, 0.3) is 0 Å². The molecule has 0 spiro atoms. The van der Waals surface area contributed by atoms with Crippen molar-refractivity contribution in [3.8, 4) is 5.75 Å². The molecule has 0 aliphatic heterocycles. The van der Waals surface area contributed by atoms with Crippen LogP contribution in [0.15, 0.2) is 42.5 Å². The van der Waals surface area contributed by atoms with Gasteiger partial charge in [0.1, 0.15) is 11.4 Å². The lowest BCUT2D eigenvalue weighted by atomic mass is 9.88. The molecule has 2 rings (SSSR count). The molecule has 19 heavy (non-hydrogen) atoms. The number of ether oxygens (including phenoxy) is 1. The minimum absolute atomic E-state index is 0.451. The maximum absolute atomic E-state index is 10.7. The zero-order valence-corrected chi connectivity index (χ0v) is 12.2. The molecule has 0 aromatic heterocycles. The summed E-state index contributed by atoms with van der Waals surface area (Å²) in [5.41, 5.74) is 0.0816. The van der Waals surface area contributed by atoms with Crippen LogP contribution in [0, 0.1) is 0 Å². The molecule has 2 aromatic carbocycles. The van der Waals surface area contributed by atoms with Crippen LogP contribution in [0.5, 0.6) is 5.75 Å². The fourth-order valence-corrected chi connectivity index (χ4v) is 2.56. The Morgan fingerprint density at radius 1 is 1.05 bits per heavy atom.